The topological polar surface area (TPSA) is 74.8 Å². The third-order valence-electron chi connectivity index (χ3n) is 4.87. The van der Waals surface area contributed by atoms with E-state index in [4.69, 9.17) is 0 Å². The third kappa shape index (κ3) is 3.28. The van der Waals surface area contributed by atoms with Crippen LogP contribution in [0.5, 0.6) is 0 Å². The van der Waals surface area contributed by atoms with Crippen LogP contribution in [0.1, 0.15) is 55.9 Å². The summed E-state index contributed by atoms with van der Waals surface area (Å²) >= 11 is 0. The number of hydrogen-bond donors (Lipinski definition) is 2. The molecule has 1 aliphatic carbocycles. The van der Waals surface area contributed by atoms with Gasteiger partial charge < -0.3 is 5.32 Å². The van der Waals surface area contributed by atoms with Crippen LogP contribution < -0.4 is 10.7 Å². The fraction of sp³-hybridized carbons (Fsp3) is 0.500. The molecule has 23 heavy (non-hydrogen) atoms. The molecule has 1 saturated carbocycles. The molecule has 1 aromatic heterocycles. The second-order valence-corrected chi connectivity index (χ2v) is 6.33. The molecule has 5 nitrogen and oxygen atoms in total. The van der Waals surface area contributed by atoms with Crippen molar-refractivity contribution in [2.75, 3.05) is 0 Å². The summed E-state index contributed by atoms with van der Waals surface area (Å²) < 4.78 is 0. The van der Waals surface area contributed by atoms with Crippen molar-refractivity contribution in [3.05, 3.63) is 40.2 Å². The molecular formula is C18H23N3O2. The highest BCUT2D eigenvalue weighted by atomic mass is 16.2. The first kappa shape index (κ1) is 15.7. The number of nitrogens with one attached hydrogen (secondary N) is 2. The Hall–Kier alpha value is -2.17. The summed E-state index contributed by atoms with van der Waals surface area (Å²) in [5.74, 6) is 0.145. The van der Waals surface area contributed by atoms with E-state index in [1.807, 2.05) is 6.07 Å². The van der Waals surface area contributed by atoms with E-state index in [2.05, 4.69) is 22.4 Å². The van der Waals surface area contributed by atoms with Gasteiger partial charge in [-0.1, -0.05) is 38.3 Å². The van der Waals surface area contributed by atoms with Crippen molar-refractivity contribution in [2.45, 2.75) is 51.5 Å². The number of carbonyl (C=O) groups is 1. The number of aromatic nitrogens is 2. The first-order valence-electron chi connectivity index (χ1n) is 8.49. The van der Waals surface area contributed by atoms with Crippen molar-refractivity contribution in [3.8, 4) is 0 Å². The molecule has 2 aromatic rings. The Bertz CT molecular complexity index is 747. The number of amides is 1. The SMILES string of the molecule is CCC(NC(=O)c1n[nH]c2ccccc2c1=O)C1CCCCC1. The fourth-order valence-electron chi connectivity index (χ4n) is 3.55. The minimum Gasteiger partial charge on any atom is -0.348 e. The Labute approximate surface area is 135 Å². The zero-order valence-corrected chi connectivity index (χ0v) is 13.5. The van der Waals surface area contributed by atoms with Gasteiger partial charge in [0, 0.05) is 11.4 Å². The maximum Gasteiger partial charge on any atom is 0.276 e. The van der Waals surface area contributed by atoms with Crippen molar-refractivity contribution in [1.29, 1.82) is 0 Å². The number of para-hydroxylation sites is 1. The monoisotopic (exact) mass is 313 g/mol. The summed E-state index contributed by atoms with van der Waals surface area (Å²) in [5, 5.41) is 10.3. The molecule has 1 atom stereocenters. The van der Waals surface area contributed by atoms with Crippen LogP contribution in [-0.2, 0) is 0 Å². The van der Waals surface area contributed by atoms with Gasteiger partial charge in [0.2, 0.25) is 5.43 Å². The Balaban J connectivity index is 1.82. The molecule has 0 spiro atoms. The molecule has 1 fully saturated rings. The van der Waals surface area contributed by atoms with Crippen molar-refractivity contribution in [3.63, 3.8) is 0 Å². The number of nitrogens with zero attached hydrogens (tertiary/aromatic N) is 1. The van der Waals surface area contributed by atoms with Gasteiger partial charge in [0.15, 0.2) is 5.69 Å². The minimum atomic E-state index is -0.366. The second-order valence-electron chi connectivity index (χ2n) is 6.33. The fourth-order valence-corrected chi connectivity index (χ4v) is 3.55. The average Bonchev–Trinajstić information content (AvgIpc) is 2.60. The van der Waals surface area contributed by atoms with Gasteiger partial charge in [-0.2, -0.15) is 5.10 Å². The average molecular weight is 313 g/mol. The van der Waals surface area contributed by atoms with E-state index in [9.17, 15) is 9.59 Å². The van der Waals surface area contributed by atoms with Crippen LogP contribution in [0, 0.1) is 5.92 Å². The molecule has 0 saturated heterocycles. The van der Waals surface area contributed by atoms with E-state index in [1.54, 1.807) is 18.2 Å². The lowest BCUT2D eigenvalue weighted by atomic mass is 9.83. The van der Waals surface area contributed by atoms with Crippen molar-refractivity contribution >= 4 is 16.8 Å². The first-order valence-corrected chi connectivity index (χ1v) is 8.49. The summed E-state index contributed by atoms with van der Waals surface area (Å²) in [6, 6.07) is 7.23. The number of benzene rings is 1. The summed E-state index contributed by atoms with van der Waals surface area (Å²) in [6.45, 7) is 2.08. The van der Waals surface area contributed by atoms with Gasteiger partial charge in [-0.15, -0.1) is 0 Å². The Morgan fingerprint density at radius 2 is 2.04 bits per heavy atom. The quantitative estimate of drug-likeness (QED) is 0.911. The number of hydrogen-bond acceptors (Lipinski definition) is 3. The molecule has 1 aliphatic rings. The number of fused-ring (bicyclic) bond motifs is 1. The number of carbonyl (C=O) groups excluding carboxylic acids is 1. The van der Waals surface area contributed by atoms with E-state index in [0.717, 1.165) is 19.3 Å². The van der Waals surface area contributed by atoms with E-state index in [1.165, 1.54) is 19.3 Å². The van der Waals surface area contributed by atoms with Gasteiger partial charge in [0.25, 0.3) is 5.91 Å². The summed E-state index contributed by atoms with van der Waals surface area (Å²) in [6.07, 6.45) is 6.92. The molecular weight excluding hydrogens is 290 g/mol. The Morgan fingerprint density at radius 1 is 1.30 bits per heavy atom. The highest BCUT2D eigenvalue weighted by Crippen LogP contribution is 2.27. The molecule has 122 valence electrons. The van der Waals surface area contributed by atoms with Crippen LogP contribution in [-0.4, -0.2) is 22.1 Å². The largest absolute Gasteiger partial charge is 0.348 e. The van der Waals surface area contributed by atoms with Crippen molar-refractivity contribution in [2.24, 2.45) is 5.92 Å². The van der Waals surface area contributed by atoms with Gasteiger partial charge in [0.05, 0.1) is 5.52 Å². The van der Waals surface area contributed by atoms with Gasteiger partial charge in [-0.3, -0.25) is 14.7 Å². The van der Waals surface area contributed by atoms with E-state index in [-0.39, 0.29) is 23.1 Å². The van der Waals surface area contributed by atoms with Crippen LogP contribution in [0.3, 0.4) is 0 Å². The standard InChI is InChI=1S/C18H23N3O2/c1-2-14(12-8-4-3-5-9-12)19-18(23)16-17(22)13-10-6-7-11-15(13)20-21-16/h6-7,10-12,14H,2-5,8-9H2,1H3,(H,19,23)(H,20,22). The predicted octanol–water partition coefficient (Wildman–Crippen LogP) is 3.01. The van der Waals surface area contributed by atoms with Crippen LogP contribution in [0.15, 0.2) is 29.1 Å². The van der Waals surface area contributed by atoms with E-state index in [0.29, 0.717) is 16.8 Å². The molecule has 0 radical (unpaired) electrons. The Morgan fingerprint density at radius 3 is 2.78 bits per heavy atom. The van der Waals surface area contributed by atoms with Crippen LogP contribution in [0.4, 0.5) is 0 Å². The minimum absolute atomic E-state index is 0.0436. The maximum absolute atomic E-state index is 12.5. The highest BCUT2D eigenvalue weighted by molar-refractivity contribution is 5.95. The summed E-state index contributed by atoms with van der Waals surface area (Å²) in [4.78, 5) is 25.0. The van der Waals surface area contributed by atoms with Gasteiger partial charge >= 0.3 is 0 Å². The van der Waals surface area contributed by atoms with Crippen LogP contribution >= 0.6 is 0 Å². The molecule has 1 amide bonds. The molecule has 1 aromatic carbocycles. The summed E-state index contributed by atoms with van der Waals surface area (Å²) in [5.41, 5.74) is 0.293. The second kappa shape index (κ2) is 6.94. The normalized spacial score (nSPS) is 17.1. The first-order chi connectivity index (χ1) is 11.2. The lowest BCUT2D eigenvalue weighted by Gasteiger charge is -2.30. The lowest BCUT2D eigenvalue weighted by molar-refractivity contribution is 0.0904. The van der Waals surface area contributed by atoms with Gasteiger partial charge in [0.1, 0.15) is 0 Å². The molecule has 2 N–H and O–H groups in total. The van der Waals surface area contributed by atoms with E-state index < -0.39 is 0 Å². The number of H-pyrrole nitrogens is 1. The van der Waals surface area contributed by atoms with E-state index >= 15 is 0 Å². The smallest absolute Gasteiger partial charge is 0.276 e. The molecule has 0 aliphatic heterocycles. The molecule has 0 bridgehead atoms. The van der Waals surface area contributed by atoms with Crippen molar-refractivity contribution < 1.29 is 4.79 Å². The number of rotatable bonds is 4. The van der Waals surface area contributed by atoms with Gasteiger partial charge in [-0.25, -0.2) is 0 Å². The highest BCUT2D eigenvalue weighted by Gasteiger charge is 2.25. The van der Waals surface area contributed by atoms with Gasteiger partial charge in [-0.05, 0) is 37.3 Å². The Kier molecular flexibility index (Phi) is 4.74. The maximum atomic E-state index is 12.5. The van der Waals surface area contributed by atoms with Crippen LogP contribution in [0.2, 0.25) is 0 Å². The van der Waals surface area contributed by atoms with Crippen molar-refractivity contribution in [1.82, 2.24) is 15.5 Å². The predicted molar refractivity (Wildman–Crippen MR) is 90.5 cm³/mol. The molecule has 3 rings (SSSR count). The molecule has 1 unspecified atom stereocenters. The molecule has 5 heteroatoms. The zero-order chi connectivity index (χ0) is 16.2. The lowest BCUT2D eigenvalue weighted by Crippen LogP contribution is -2.42. The third-order valence-corrected chi connectivity index (χ3v) is 4.87. The van der Waals surface area contributed by atoms with Crippen LogP contribution in [0.25, 0.3) is 10.9 Å². The zero-order valence-electron chi connectivity index (χ0n) is 13.5. The summed E-state index contributed by atoms with van der Waals surface area (Å²) in [7, 11) is 0. The number of aromatic amines is 1. The molecule has 1 heterocycles.